The Hall–Kier alpha value is -1.69. The highest BCUT2D eigenvalue weighted by Gasteiger charge is 2.25. The van der Waals surface area contributed by atoms with E-state index in [-0.39, 0.29) is 17.8 Å². The summed E-state index contributed by atoms with van der Waals surface area (Å²) in [5.41, 5.74) is 4.79. The zero-order valence-corrected chi connectivity index (χ0v) is 9.70. The van der Waals surface area contributed by atoms with Gasteiger partial charge in [-0.2, -0.15) is 0 Å². The van der Waals surface area contributed by atoms with Crippen molar-refractivity contribution >= 4 is 11.6 Å². The molecular weight excluding hydrogens is 242 g/mol. The third-order valence-electron chi connectivity index (χ3n) is 3.00. The SMILES string of the molecule is Nc1cc(C(=O)N2CCCC(O)C2)c(F)cc1F. The van der Waals surface area contributed by atoms with Crippen molar-refractivity contribution in [2.24, 2.45) is 0 Å². The zero-order chi connectivity index (χ0) is 13.3. The standard InChI is InChI=1S/C12H14F2N2O2/c13-9-5-10(14)11(15)4-8(9)12(18)16-3-1-2-7(17)6-16/h4-5,7,17H,1-3,6,15H2. The maximum atomic E-state index is 13.5. The van der Waals surface area contributed by atoms with Crippen molar-refractivity contribution in [3.05, 3.63) is 29.3 Å². The van der Waals surface area contributed by atoms with Crippen molar-refractivity contribution in [2.75, 3.05) is 18.8 Å². The van der Waals surface area contributed by atoms with Gasteiger partial charge < -0.3 is 15.7 Å². The molecule has 1 unspecified atom stereocenters. The van der Waals surface area contributed by atoms with Crippen LogP contribution in [0.15, 0.2) is 12.1 Å². The predicted molar refractivity (Wildman–Crippen MR) is 61.9 cm³/mol. The van der Waals surface area contributed by atoms with Crippen molar-refractivity contribution in [3.8, 4) is 0 Å². The predicted octanol–water partition coefficient (Wildman–Crippen LogP) is 1.14. The normalized spacial score (nSPS) is 19.9. The molecule has 1 aliphatic rings. The monoisotopic (exact) mass is 256 g/mol. The number of β-amino-alcohol motifs (C(OH)–C–C–N with tert-alkyl or cyclic N) is 1. The highest BCUT2D eigenvalue weighted by atomic mass is 19.1. The van der Waals surface area contributed by atoms with E-state index in [9.17, 15) is 18.7 Å². The van der Waals surface area contributed by atoms with Crippen LogP contribution in [0, 0.1) is 11.6 Å². The molecule has 2 rings (SSSR count). The first-order valence-corrected chi connectivity index (χ1v) is 5.71. The van der Waals surface area contributed by atoms with Gasteiger partial charge in [-0.3, -0.25) is 4.79 Å². The fraction of sp³-hybridized carbons (Fsp3) is 0.417. The number of hydrogen-bond donors (Lipinski definition) is 2. The minimum atomic E-state index is -0.938. The summed E-state index contributed by atoms with van der Waals surface area (Å²) in [5.74, 6) is -2.40. The Morgan fingerprint density at radius 2 is 2.11 bits per heavy atom. The molecular formula is C12H14F2N2O2. The van der Waals surface area contributed by atoms with Crippen LogP contribution >= 0.6 is 0 Å². The molecule has 0 spiro atoms. The van der Waals surface area contributed by atoms with Crippen molar-refractivity contribution in [1.82, 2.24) is 4.90 Å². The molecule has 0 aliphatic carbocycles. The molecule has 98 valence electrons. The quantitative estimate of drug-likeness (QED) is 0.740. The van der Waals surface area contributed by atoms with Crippen molar-refractivity contribution in [1.29, 1.82) is 0 Å². The lowest BCUT2D eigenvalue weighted by molar-refractivity contribution is 0.0470. The van der Waals surface area contributed by atoms with E-state index in [4.69, 9.17) is 5.73 Å². The molecule has 3 N–H and O–H groups in total. The Bertz CT molecular complexity index is 479. The number of halogens is 2. The fourth-order valence-electron chi connectivity index (χ4n) is 2.04. The number of aliphatic hydroxyl groups excluding tert-OH is 1. The first-order valence-electron chi connectivity index (χ1n) is 5.71. The molecule has 1 fully saturated rings. The molecule has 1 heterocycles. The molecule has 1 aliphatic heterocycles. The van der Waals surface area contributed by atoms with Gasteiger partial charge in [0.25, 0.3) is 5.91 Å². The molecule has 1 atom stereocenters. The van der Waals surface area contributed by atoms with Gasteiger partial charge in [-0.1, -0.05) is 0 Å². The fourth-order valence-corrected chi connectivity index (χ4v) is 2.04. The number of rotatable bonds is 1. The Morgan fingerprint density at radius 3 is 2.78 bits per heavy atom. The van der Waals surface area contributed by atoms with E-state index >= 15 is 0 Å². The van der Waals surface area contributed by atoms with Crippen LogP contribution in [-0.4, -0.2) is 35.1 Å². The van der Waals surface area contributed by atoms with E-state index in [0.29, 0.717) is 25.5 Å². The van der Waals surface area contributed by atoms with Crippen LogP contribution in [0.5, 0.6) is 0 Å². The summed E-state index contributed by atoms with van der Waals surface area (Å²) in [6.45, 7) is 0.613. The number of piperidine rings is 1. The van der Waals surface area contributed by atoms with E-state index in [1.165, 1.54) is 4.90 Å². The first-order chi connectivity index (χ1) is 8.49. The lowest BCUT2D eigenvalue weighted by atomic mass is 10.1. The second-order valence-corrected chi connectivity index (χ2v) is 4.40. The van der Waals surface area contributed by atoms with E-state index in [1.807, 2.05) is 0 Å². The molecule has 0 radical (unpaired) electrons. The van der Waals surface area contributed by atoms with Gasteiger partial charge in [-0.05, 0) is 18.9 Å². The van der Waals surface area contributed by atoms with Gasteiger partial charge in [0.15, 0.2) is 0 Å². The average molecular weight is 256 g/mol. The Balaban J connectivity index is 2.25. The maximum Gasteiger partial charge on any atom is 0.256 e. The van der Waals surface area contributed by atoms with E-state index in [2.05, 4.69) is 0 Å². The number of nitrogen functional groups attached to an aromatic ring is 1. The lowest BCUT2D eigenvalue weighted by Crippen LogP contribution is -2.42. The number of amides is 1. The summed E-state index contributed by atoms with van der Waals surface area (Å²) in [6, 6.07) is 1.59. The van der Waals surface area contributed by atoms with Crippen LogP contribution in [0.25, 0.3) is 0 Å². The Labute approximate surface area is 103 Å². The number of nitrogens with two attached hydrogens (primary N) is 1. The Kier molecular flexibility index (Phi) is 3.47. The van der Waals surface area contributed by atoms with Crippen LogP contribution in [0.1, 0.15) is 23.2 Å². The maximum absolute atomic E-state index is 13.5. The summed E-state index contributed by atoms with van der Waals surface area (Å²) < 4.78 is 26.5. The average Bonchev–Trinajstić information content (AvgIpc) is 2.33. The van der Waals surface area contributed by atoms with Crippen LogP contribution in [0.3, 0.4) is 0 Å². The largest absolute Gasteiger partial charge is 0.396 e. The van der Waals surface area contributed by atoms with Crippen LogP contribution < -0.4 is 5.73 Å². The minimum absolute atomic E-state index is 0.162. The molecule has 1 amide bonds. The van der Waals surface area contributed by atoms with Gasteiger partial charge in [0.2, 0.25) is 0 Å². The third kappa shape index (κ3) is 2.43. The topological polar surface area (TPSA) is 66.6 Å². The third-order valence-corrected chi connectivity index (χ3v) is 3.00. The van der Waals surface area contributed by atoms with E-state index in [1.54, 1.807) is 0 Å². The molecule has 18 heavy (non-hydrogen) atoms. The zero-order valence-electron chi connectivity index (χ0n) is 9.70. The molecule has 1 aromatic rings. The number of anilines is 1. The molecule has 6 heteroatoms. The van der Waals surface area contributed by atoms with Gasteiger partial charge >= 0.3 is 0 Å². The summed E-state index contributed by atoms with van der Waals surface area (Å²) >= 11 is 0. The molecule has 1 saturated heterocycles. The van der Waals surface area contributed by atoms with Crippen molar-refractivity contribution in [2.45, 2.75) is 18.9 Å². The van der Waals surface area contributed by atoms with E-state index in [0.717, 1.165) is 6.07 Å². The molecule has 4 nitrogen and oxygen atoms in total. The number of carbonyl (C=O) groups is 1. The first kappa shape index (κ1) is 12.8. The summed E-state index contributed by atoms with van der Waals surface area (Å²) in [4.78, 5) is 13.4. The Morgan fingerprint density at radius 1 is 1.39 bits per heavy atom. The smallest absolute Gasteiger partial charge is 0.256 e. The summed E-state index contributed by atoms with van der Waals surface area (Å²) in [6.07, 6.45) is 0.687. The molecule has 0 saturated carbocycles. The summed E-state index contributed by atoms with van der Waals surface area (Å²) in [5, 5.41) is 9.47. The van der Waals surface area contributed by atoms with Gasteiger partial charge in [-0.25, -0.2) is 8.78 Å². The number of hydrogen-bond acceptors (Lipinski definition) is 3. The molecule has 0 aromatic heterocycles. The number of likely N-dealkylation sites (tertiary alicyclic amines) is 1. The second-order valence-electron chi connectivity index (χ2n) is 4.40. The number of carbonyl (C=O) groups excluding carboxylic acids is 1. The summed E-state index contributed by atoms with van der Waals surface area (Å²) in [7, 11) is 0. The number of benzene rings is 1. The number of nitrogens with zero attached hydrogens (tertiary/aromatic N) is 1. The highest BCUT2D eigenvalue weighted by molar-refractivity contribution is 5.95. The van der Waals surface area contributed by atoms with Gasteiger partial charge in [0.1, 0.15) is 11.6 Å². The van der Waals surface area contributed by atoms with E-state index < -0.39 is 23.6 Å². The van der Waals surface area contributed by atoms with Gasteiger partial charge in [0.05, 0.1) is 17.4 Å². The number of aliphatic hydroxyl groups is 1. The minimum Gasteiger partial charge on any atom is -0.396 e. The van der Waals surface area contributed by atoms with Crippen LogP contribution in [-0.2, 0) is 0 Å². The second kappa shape index (κ2) is 4.89. The van der Waals surface area contributed by atoms with Gasteiger partial charge in [0, 0.05) is 19.2 Å². The van der Waals surface area contributed by atoms with Crippen LogP contribution in [0.4, 0.5) is 14.5 Å². The van der Waals surface area contributed by atoms with Crippen molar-refractivity contribution < 1.29 is 18.7 Å². The van der Waals surface area contributed by atoms with Gasteiger partial charge in [-0.15, -0.1) is 0 Å². The highest BCUT2D eigenvalue weighted by Crippen LogP contribution is 2.20. The molecule has 0 bridgehead atoms. The lowest BCUT2D eigenvalue weighted by Gasteiger charge is -2.30. The van der Waals surface area contributed by atoms with Crippen molar-refractivity contribution in [3.63, 3.8) is 0 Å². The molecule has 1 aromatic carbocycles. The van der Waals surface area contributed by atoms with Crippen LogP contribution in [0.2, 0.25) is 0 Å².